The van der Waals surface area contributed by atoms with E-state index in [-0.39, 0.29) is 0 Å². The van der Waals surface area contributed by atoms with E-state index in [9.17, 15) is 9.90 Å². The van der Waals surface area contributed by atoms with Gasteiger partial charge in [0.1, 0.15) is 5.71 Å². The molecule has 0 amide bonds. The van der Waals surface area contributed by atoms with Gasteiger partial charge in [-0.1, -0.05) is 71.5 Å². The van der Waals surface area contributed by atoms with Crippen LogP contribution in [-0.4, -0.2) is 22.1 Å². The van der Waals surface area contributed by atoms with Crippen LogP contribution in [0.2, 0.25) is 0 Å². The number of nitrogens with one attached hydrogen (secondary N) is 1. The third kappa shape index (κ3) is 6.31. The van der Waals surface area contributed by atoms with Crippen molar-refractivity contribution >= 4 is 39.8 Å². The number of aliphatic hydroxyl groups excluding tert-OH is 1. The maximum absolute atomic E-state index is 11.7. The van der Waals surface area contributed by atoms with Crippen molar-refractivity contribution in [2.75, 3.05) is 16.2 Å². The van der Waals surface area contributed by atoms with Crippen LogP contribution in [0, 0.1) is 6.92 Å². The van der Waals surface area contributed by atoms with Crippen molar-refractivity contribution < 1.29 is 9.90 Å². The van der Waals surface area contributed by atoms with Gasteiger partial charge < -0.3 is 16.6 Å². The standard InChI is InChI=1S/C27H27N7O2S/c1-17-9-11-18(12-10-17)25-26(20-6-4-7-22(14-20)34(30)15-24(29)36)37-27(31-25)33-32-21(16-35)13-19-5-2-3-8-23(19)28/h2-12,14-16,36H,13,28-30H2,1H3,(H,31,33)/b24-15+,32-21+. The molecule has 0 aliphatic rings. The monoisotopic (exact) mass is 513 g/mol. The lowest BCUT2D eigenvalue weighted by Gasteiger charge is -2.14. The fourth-order valence-electron chi connectivity index (χ4n) is 3.61. The van der Waals surface area contributed by atoms with E-state index < -0.39 is 5.88 Å². The number of aryl methyl sites for hydroxylation is 1. The number of nitrogen functional groups attached to an aromatic ring is 1. The molecule has 3 aromatic carbocycles. The number of hydrogen-bond donors (Lipinski definition) is 5. The Bertz CT molecular complexity index is 1460. The summed E-state index contributed by atoms with van der Waals surface area (Å²) in [4.78, 5) is 17.3. The topological polar surface area (TPSA) is 156 Å². The Morgan fingerprint density at radius 3 is 2.57 bits per heavy atom. The highest BCUT2D eigenvalue weighted by atomic mass is 32.1. The number of aromatic nitrogens is 1. The molecule has 4 aromatic rings. The first-order valence-corrected chi connectivity index (χ1v) is 12.2. The maximum atomic E-state index is 11.7. The number of para-hydroxylation sites is 1. The normalized spacial score (nSPS) is 11.8. The molecule has 0 fully saturated rings. The van der Waals surface area contributed by atoms with Crippen LogP contribution >= 0.6 is 11.3 Å². The number of aldehydes is 1. The second kappa shape index (κ2) is 11.4. The maximum Gasteiger partial charge on any atom is 0.204 e. The van der Waals surface area contributed by atoms with Gasteiger partial charge in [0.25, 0.3) is 0 Å². The van der Waals surface area contributed by atoms with Gasteiger partial charge in [-0.3, -0.25) is 15.2 Å². The number of benzene rings is 3. The lowest BCUT2D eigenvalue weighted by Crippen LogP contribution is -2.25. The molecule has 0 atom stereocenters. The highest BCUT2D eigenvalue weighted by Crippen LogP contribution is 2.40. The zero-order chi connectivity index (χ0) is 26.4. The highest BCUT2D eigenvalue weighted by molar-refractivity contribution is 7.19. The molecule has 0 saturated heterocycles. The number of thiazole rings is 1. The van der Waals surface area contributed by atoms with E-state index in [1.54, 1.807) is 12.1 Å². The highest BCUT2D eigenvalue weighted by Gasteiger charge is 2.16. The Labute approximate surface area is 218 Å². The summed E-state index contributed by atoms with van der Waals surface area (Å²) in [6, 6.07) is 22.9. The molecule has 0 spiro atoms. The Morgan fingerprint density at radius 2 is 1.86 bits per heavy atom. The van der Waals surface area contributed by atoms with E-state index in [0.29, 0.717) is 34.9 Å². The molecule has 0 aliphatic carbocycles. The van der Waals surface area contributed by atoms with E-state index in [1.165, 1.54) is 22.5 Å². The van der Waals surface area contributed by atoms with Gasteiger partial charge in [0.05, 0.1) is 22.5 Å². The number of aliphatic hydroxyl groups is 1. The number of rotatable bonds is 9. The summed E-state index contributed by atoms with van der Waals surface area (Å²) in [6.07, 6.45) is 2.21. The van der Waals surface area contributed by atoms with Crippen LogP contribution in [0.3, 0.4) is 0 Å². The van der Waals surface area contributed by atoms with E-state index in [2.05, 4.69) is 10.5 Å². The second-order valence-electron chi connectivity index (χ2n) is 8.28. The first-order chi connectivity index (χ1) is 17.8. The fraction of sp³-hybridized carbons (Fsp3) is 0.0741. The van der Waals surface area contributed by atoms with Gasteiger partial charge in [-0.25, -0.2) is 10.8 Å². The summed E-state index contributed by atoms with van der Waals surface area (Å²) in [5, 5.41) is 15.4. The molecule has 1 heterocycles. The van der Waals surface area contributed by atoms with Gasteiger partial charge in [-0.05, 0) is 36.2 Å². The van der Waals surface area contributed by atoms with Crippen LogP contribution < -0.4 is 27.7 Å². The van der Waals surface area contributed by atoms with Crippen molar-refractivity contribution in [3.63, 3.8) is 0 Å². The molecule has 0 unspecified atom stereocenters. The van der Waals surface area contributed by atoms with Crippen molar-refractivity contribution in [3.05, 3.63) is 96.0 Å². The average molecular weight is 514 g/mol. The number of hydrazine groups is 1. The van der Waals surface area contributed by atoms with Gasteiger partial charge in [0.15, 0.2) is 12.2 Å². The summed E-state index contributed by atoms with van der Waals surface area (Å²) in [5.41, 5.74) is 20.3. The van der Waals surface area contributed by atoms with Gasteiger partial charge in [0, 0.05) is 17.7 Å². The zero-order valence-corrected chi connectivity index (χ0v) is 20.9. The molecule has 0 aliphatic heterocycles. The van der Waals surface area contributed by atoms with Crippen LogP contribution in [0.25, 0.3) is 21.7 Å². The lowest BCUT2D eigenvalue weighted by molar-refractivity contribution is -0.102. The Hall–Kier alpha value is -4.67. The smallest absolute Gasteiger partial charge is 0.204 e. The molecule has 0 radical (unpaired) electrons. The van der Waals surface area contributed by atoms with Crippen molar-refractivity contribution in [2.45, 2.75) is 13.3 Å². The van der Waals surface area contributed by atoms with Crippen LogP contribution in [0.15, 0.2) is 90.0 Å². The summed E-state index contributed by atoms with van der Waals surface area (Å²) >= 11 is 1.39. The number of nitrogens with zero attached hydrogens (tertiary/aromatic N) is 3. The third-order valence-electron chi connectivity index (χ3n) is 5.49. The largest absolute Gasteiger partial charge is 0.494 e. The van der Waals surface area contributed by atoms with Gasteiger partial charge in [0.2, 0.25) is 5.13 Å². The molecule has 10 heteroatoms. The summed E-state index contributed by atoms with van der Waals surface area (Å²) in [6.45, 7) is 2.02. The summed E-state index contributed by atoms with van der Waals surface area (Å²) in [7, 11) is 0. The molecule has 1 aromatic heterocycles. The molecule has 0 saturated carbocycles. The Morgan fingerprint density at radius 1 is 1.11 bits per heavy atom. The van der Waals surface area contributed by atoms with Crippen molar-refractivity contribution in [2.24, 2.45) is 16.7 Å². The number of hydrazone groups is 1. The fourth-order valence-corrected chi connectivity index (χ4v) is 4.54. The minimum absolute atomic E-state index is 0.292. The van der Waals surface area contributed by atoms with Crippen LogP contribution in [0.4, 0.5) is 16.5 Å². The minimum Gasteiger partial charge on any atom is -0.494 e. The number of carbonyl (C=O) groups excluding carboxylic acids is 1. The summed E-state index contributed by atoms with van der Waals surface area (Å²) < 4.78 is 0. The summed E-state index contributed by atoms with van der Waals surface area (Å²) in [5.74, 6) is 5.61. The van der Waals surface area contributed by atoms with Crippen LogP contribution in [0.1, 0.15) is 11.1 Å². The van der Waals surface area contributed by atoms with E-state index >= 15 is 0 Å². The van der Waals surface area contributed by atoms with Gasteiger partial charge in [-0.15, -0.1) is 0 Å². The molecule has 0 bridgehead atoms. The number of nitrogens with two attached hydrogens (primary N) is 3. The molecule has 9 nitrogen and oxygen atoms in total. The predicted octanol–water partition coefficient (Wildman–Crippen LogP) is 4.57. The number of anilines is 3. The third-order valence-corrected chi connectivity index (χ3v) is 6.50. The molecular formula is C27H27N7O2S. The lowest BCUT2D eigenvalue weighted by atomic mass is 10.1. The predicted molar refractivity (Wildman–Crippen MR) is 151 cm³/mol. The van der Waals surface area contributed by atoms with Crippen molar-refractivity contribution in [1.29, 1.82) is 0 Å². The van der Waals surface area contributed by atoms with Gasteiger partial charge >= 0.3 is 0 Å². The van der Waals surface area contributed by atoms with Gasteiger partial charge in [-0.2, -0.15) is 5.10 Å². The van der Waals surface area contributed by atoms with Crippen molar-refractivity contribution in [3.8, 4) is 21.7 Å². The van der Waals surface area contributed by atoms with Crippen LogP contribution in [0.5, 0.6) is 0 Å². The average Bonchev–Trinajstić information content (AvgIpc) is 3.32. The Kier molecular flexibility index (Phi) is 7.82. The zero-order valence-electron chi connectivity index (χ0n) is 20.1. The van der Waals surface area contributed by atoms with E-state index in [1.807, 2.05) is 67.6 Å². The molecule has 8 N–H and O–H groups in total. The first kappa shape index (κ1) is 25.4. The molecule has 37 heavy (non-hydrogen) atoms. The first-order valence-electron chi connectivity index (χ1n) is 11.3. The molecule has 188 valence electrons. The minimum atomic E-state index is -0.404. The number of hydrogen-bond acceptors (Lipinski definition) is 10. The molecule has 4 rings (SSSR count). The Balaban J connectivity index is 1.70. The van der Waals surface area contributed by atoms with Crippen LogP contribution in [-0.2, 0) is 11.2 Å². The molecular weight excluding hydrogens is 486 g/mol. The van der Waals surface area contributed by atoms with E-state index in [0.717, 1.165) is 32.8 Å². The van der Waals surface area contributed by atoms with E-state index in [4.69, 9.17) is 22.3 Å². The second-order valence-corrected chi connectivity index (χ2v) is 9.28. The SMILES string of the molecule is Cc1ccc(-c2nc(N/N=C(/C=O)Cc3ccccc3N)sc2-c2cccc(N(N)/C=C(\N)O)c2)cc1. The quantitative estimate of drug-likeness (QED) is 0.0544. The van der Waals surface area contributed by atoms with Crippen molar-refractivity contribution in [1.82, 2.24) is 4.98 Å². The number of carbonyl (C=O) groups is 1.